The number of nitrogens with zero attached hydrogens (tertiary/aromatic N) is 5. The van der Waals surface area contributed by atoms with E-state index in [1.54, 1.807) is 24.1 Å². The van der Waals surface area contributed by atoms with E-state index < -0.39 is 0 Å². The van der Waals surface area contributed by atoms with Crippen LogP contribution in [-0.2, 0) is 11.3 Å². The van der Waals surface area contributed by atoms with Crippen molar-refractivity contribution in [3.8, 4) is 17.0 Å². The number of piperazine rings is 1. The van der Waals surface area contributed by atoms with Gasteiger partial charge in [0, 0.05) is 43.9 Å². The molecule has 1 aliphatic heterocycles. The molecule has 4 aromatic rings. The monoisotopic (exact) mass is 521 g/mol. The molecule has 8 nitrogen and oxygen atoms in total. The summed E-state index contributed by atoms with van der Waals surface area (Å²) >= 11 is 0. The summed E-state index contributed by atoms with van der Waals surface area (Å²) in [4.78, 5) is 32.2. The predicted molar refractivity (Wildman–Crippen MR) is 150 cm³/mol. The highest BCUT2D eigenvalue weighted by Crippen LogP contribution is 2.23. The Morgan fingerprint density at radius 1 is 0.821 bits per heavy atom. The minimum Gasteiger partial charge on any atom is -0.497 e. The van der Waals surface area contributed by atoms with Gasteiger partial charge in [-0.25, -0.2) is 0 Å². The van der Waals surface area contributed by atoms with Crippen LogP contribution in [0.3, 0.4) is 0 Å². The fourth-order valence-corrected chi connectivity index (χ4v) is 4.65. The molecule has 198 valence electrons. The number of ether oxygens (including phenoxy) is 1. The molecule has 3 aromatic carbocycles. The van der Waals surface area contributed by atoms with Gasteiger partial charge in [0.2, 0.25) is 5.91 Å². The molecule has 0 saturated carbocycles. The van der Waals surface area contributed by atoms with Gasteiger partial charge in [-0.2, -0.15) is 0 Å². The molecule has 0 N–H and O–H groups in total. The molecular weight excluding hydrogens is 490 g/mol. The first kappa shape index (κ1) is 25.9. The summed E-state index contributed by atoms with van der Waals surface area (Å²) in [5.41, 5.74) is 3.26. The van der Waals surface area contributed by atoms with E-state index in [-0.39, 0.29) is 18.4 Å². The number of rotatable bonds is 8. The second kappa shape index (κ2) is 12.2. The first-order valence-electron chi connectivity index (χ1n) is 13.0. The van der Waals surface area contributed by atoms with Crippen LogP contribution in [0.1, 0.15) is 15.9 Å². The van der Waals surface area contributed by atoms with Gasteiger partial charge in [0.15, 0.2) is 5.82 Å². The normalized spacial score (nSPS) is 13.2. The van der Waals surface area contributed by atoms with Gasteiger partial charge in [0.25, 0.3) is 5.91 Å². The van der Waals surface area contributed by atoms with Gasteiger partial charge >= 0.3 is 0 Å². The minimum absolute atomic E-state index is 0.0255. The molecule has 0 spiro atoms. The summed E-state index contributed by atoms with van der Waals surface area (Å²) in [6.07, 6.45) is 0. The van der Waals surface area contributed by atoms with Crippen LogP contribution in [0.2, 0.25) is 0 Å². The molecule has 1 fully saturated rings. The first-order chi connectivity index (χ1) is 19.1. The minimum atomic E-state index is -0.155. The predicted octanol–water partition coefficient (Wildman–Crippen LogP) is 4.14. The third kappa shape index (κ3) is 6.41. The Labute approximate surface area is 228 Å². The molecule has 8 heteroatoms. The number of carbonyl (C=O) groups excluding carboxylic acids is 2. The lowest BCUT2D eigenvalue weighted by atomic mass is 10.1. The van der Waals surface area contributed by atoms with Crippen molar-refractivity contribution in [2.75, 3.05) is 44.7 Å². The largest absolute Gasteiger partial charge is 0.497 e. The van der Waals surface area contributed by atoms with Crippen LogP contribution in [0.25, 0.3) is 11.3 Å². The molecule has 2 amide bonds. The lowest BCUT2D eigenvalue weighted by molar-refractivity contribution is -0.132. The lowest BCUT2D eigenvalue weighted by Crippen LogP contribution is -2.52. The highest BCUT2D eigenvalue weighted by Gasteiger charge is 2.26. The van der Waals surface area contributed by atoms with E-state index in [0.717, 1.165) is 28.4 Å². The zero-order valence-electron chi connectivity index (χ0n) is 21.9. The number of methoxy groups -OCH3 is 1. The van der Waals surface area contributed by atoms with E-state index in [2.05, 4.69) is 15.1 Å². The van der Waals surface area contributed by atoms with Gasteiger partial charge in [-0.15, -0.1) is 10.2 Å². The summed E-state index contributed by atoms with van der Waals surface area (Å²) in [6, 6.07) is 30.5. The van der Waals surface area contributed by atoms with Crippen molar-refractivity contribution in [3.05, 3.63) is 108 Å². The maximum atomic E-state index is 13.3. The fourth-order valence-electron chi connectivity index (χ4n) is 4.65. The van der Waals surface area contributed by atoms with E-state index in [9.17, 15) is 9.59 Å². The summed E-state index contributed by atoms with van der Waals surface area (Å²) in [5.74, 6) is 1.33. The molecule has 1 aliphatic rings. The quantitative estimate of drug-likeness (QED) is 0.347. The third-order valence-electron chi connectivity index (χ3n) is 6.82. The number of amides is 2. The Hall–Kier alpha value is -4.72. The van der Waals surface area contributed by atoms with Gasteiger partial charge in [-0.1, -0.05) is 60.7 Å². The van der Waals surface area contributed by atoms with Crippen LogP contribution in [-0.4, -0.2) is 71.6 Å². The number of benzene rings is 3. The maximum Gasteiger partial charge on any atom is 0.254 e. The number of anilines is 1. The average molecular weight is 522 g/mol. The molecule has 1 aromatic heterocycles. The molecule has 0 unspecified atom stereocenters. The van der Waals surface area contributed by atoms with E-state index in [4.69, 9.17) is 4.74 Å². The average Bonchev–Trinajstić information content (AvgIpc) is 3.01. The lowest BCUT2D eigenvalue weighted by Gasteiger charge is -2.36. The smallest absolute Gasteiger partial charge is 0.254 e. The Bertz CT molecular complexity index is 1390. The van der Waals surface area contributed by atoms with Crippen LogP contribution in [0.4, 0.5) is 5.82 Å². The molecule has 0 aliphatic carbocycles. The summed E-state index contributed by atoms with van der Waals surface area (Å²) < 4.78 is 5.30. The van der Waals surface area contributed by atoms with Crippen molar-refractivity contribution in [1.82, 2.24) is 20.0 Å². The molecule has 39 heavy (non-hydrogen) atoms. The Morgan fingerprint density at radius 3 is 2.21 bits per heavy atom. The zero-order valence-corrected chi connectivity index (χ0v) is 21.9. The summed E-state index contributed by atoms with van der Waals surface area (Å²) in [6.45, 7) is 2.79. The number of hydrogen-bond donors (Lipinski definition) is 0. The van der Waals surface area contributed by atoms with Crippen molar-refractivity contribution in [2.24, 2.45) is 0 Å². The van der Waals surface area contributed by atoms with E-state index in [0.29, 0.717) is 38.3 Å². The van der Waals surface area contributed by atoms with E-state index in [1.807, 2.05) is 89.8 Å². The zero-order chi connectivity index (χ0) is 27.0. The second-order valence-corrected chi connectivity index (χ2v) is 9.39. The van der Waals surface area contributed by atoms with Crippen molar-refractivity contribution in [1.29, 1.82) is 0 Å². The highest BCUT2D eigenvalue weighted by atomic mass is 16.5. The number of hydrogen-bond acceptors (Lipinski definition) is 6. The molecular formula is C31H31N5O3. The van der Waals surface area contributed by atoms with Crippen molar-refractivity contribution in [2.45, 2.75) is 6.54 Å². The Balaban J connectivity index is 1.21. The number of carbonyl (C=O) groups is 2. The maximum absolute atomic E-state index is 13.3. The van der Waals surface area contributed by atoms with Crippen LogP contribution < -0.4 is 9.64 Å². The van der Waals surface area contributed by atoms with Gasteiger partial charge < -0.3 is 19.4 Å². The van der Waals surface area contributed by atoms with Gasteiger partial charge in [0.1, 0.15) is 12.3 Å². The van der Waals surface area contributed by atoms with Crippen LogP contribution in [0, 0.1) is 0 Å². The topological polar surface area (TPSA) is 78.9 Å². The molecule has 1 saturated heterocycles. The highest BCUT2D eigenvalue weighted by molar-refractivity contribution is 5.96. The molecule has 0 atom stereocenters. The molecule has 5 rings (SSSR count). The first-order valence-corrected chi connectivity index (χ1v) is 13.0. The van der Waals surface area contributed by atoms with E-state index in [1.165, 1.54) is 0 Å². The van der Waals surface area contributed by atoms with Gasteiger partial charge in [-0.3, -0.25) is 9.59 Å². The van der Waals surface area contributed by atoms with E-state index >= 15 is 0 Å². The Morgan fingerprint density at radius 2 is 1.54 bits per heavy atom. The summed E-state index contributed by atoms with van der Waals surface area (Å²) in [7, 11) is 1.64. The number of aromatic nitrogens is 2. The SMILES string of the molecule is COc1cccc(-c2ccc(N3CCN(C(=O)CN(Cc4ccccc4)C(=O)c4ccccc4)CC3)nn2)c1. The van der Waals surface area contributed by atoms with Crippen molar-refractivity contribution < 1.29 is 14.3 Å². The summed E-state index contributed by atoms with van der Waals surface area (Å²) in [5, 5.41) is 8.84. The molecule has 0 bridgehead atoms. The van der Waals surface area contributed by atoms with Crippen LogP contribution >= 0.6 is 0 Å². The van der Waals surface area contributed by atoms with Gasteiger partial charge in [-0.05, 0) is 42.0 Å². The fraction of sp³-hybridized carbons (Fsp3) is 0.226. The van der Waals surface area contributed by atoms with Crippen LogP contribution in [0.5, 0.6) is 5.75 Å². The molecule has 2 heterocycles. The third-order valence-corrected chi connectivity index (χ3v) is 6.82. The van der Waals surface area contributed by atoms with Crippen LogP contribution in [0.15, 0.2) is 97.1 Å². The Kier molecular flexibility index (Phi) is 8.12. The molecule has 0 radical (unpaired) electrons. The van der Waals surface area contributed by atoms with Crippen molar-refractivity contribution in [3.63, 3.8) is 0 Å². The second-order valence-electron chi connectivity index (χ2n) is 9.39. The standard InChI is InChI=1S/C31H31N5O3/c1-39-27-14-8-13-26(21-27)28-15-16-29(33-32-28)34-17-19-35(20-18-34)30(37)23-36(22-24-9-4-2-5-10-24)31(38)25-11-6-3-7-12-25/h2-16,21H,17-20,22-23H2,1H3. The van der Waals surface area contributed by atoms with Gasteiger partial charge in [0.05, 0.1) is 12.8 Å². The van der Waals surface area contributed by atoms with Crippen molar-refractivity contribution >= 4 is 17.6 Å².